The van der Waals surface area contributed by atoms with Gasteiger partial charge in [-0.05, 0) is 53.9 Å². The SMILES string of the molecule is Cc1ccc2[nH]c(=O)c(O)c(C(=O)NCc3cccc(-c4ccc(F)cc4)c3)c2c1. The van der Waals surface area contributed by atoms with Gasteiger partial charge in [-0.2, -0.15) is 0 Å². The average Bonchev–Trinajstić information content (AvgIpc) is 2.74. The summed E-state index contributed by atoms with van der Waals surface area (Å²) in [5, 5.41) is 13.5. The van der Waals surface area contributed by atoms with Crippen LogP contribution in [0.4, 0.5) is 4.39 Å². The van der Waals surface area contributed by atoms with Crippen LogP contribution in [0.3, 0.4) is 0 Å². The number of benzene rings is 3. The lowest BCUT2D eigenvalue weighted by Crippen LogP contribution is -2.25. The molecule has 1 heterocycles. The molecule has 3 N–H and O–H groups in total. The molecule has 0 unspecified atom stereocenters. The summed E-state index contributed by atoms with van der Waals surface area (Å²) in [4.78, 5) is 27.4. The van der Waals surface area contributed by atoms with Crippen molar-refractivity contribution in [1.82, 2.24) is 10.3 Å². The number of amides is 1. The lowest BCUT2D eigenvalue weighted by atomic mass is 10.0. The van der Waals surface area contributed by atoms with Crippen molar-refractivity contribution in [3.63, 3.8) is 0 Å². The van der Waals surface area contributed by atoms with E-state index in [1.54, 1.807) is 24.3 Å². The zero-order valence-electron chi connectivity index (χ0n) is 16.2. The first-order valence-electron chi connectivity index (χ1n) is 9.41. The van der Waals surface area contributed by atoms with Crippen molar-refractivity contribution < 1.29 is 14.3 Å². The van der Waals surface area contributed by atoms with Crippen LogP contribution in [0.15, 0.2) is 71.5 Å². The second-order valence-corrected chi connectivity index (χ2v) is 7.12. The van der Waals surface area contributed by atoms with Crippen molar-refractivity contribution in [2.75, 3.05) is 0 Å². The first-order chi connectivity index (χ1) is 14.4. The number of aryl methyl sites for hydroxylation is 1. The quantitative estimate of drug-likeness (QED) is 0.477. The van der Waals surface area contributed by atoms with Crippen molar-refractivity contribution in [2.45, 2.75) is 13.5 Å². The number of H-pyrrole nitrogens is 1. The van der Waals surface area contributed by atoms with Gasteiger partial charge >= 0.3 is 0 Å². The minimum Gasteiger partial charge on any atom is -0.502 e. The third-order valence-corrected chi connectivity index (χ3v) is 4.93. The van der Waals surface area contributed by atoms with Gasteiger partial charge in [-0.15, -0.1) is 0 Å². The zero-order valence-corrected chi connectivity index (χ0v) is 16.2. The van der Waals surface area contributed by atoms with Gasteiger partial charge in [0.25, 0.3) is 11.5 Å². The van der Waals surface area contributed by atoms with Gasteiger partial charge in [0.1, 0.15) is 5.82 Å². The Bertz CT molecular complexity index is 1310. The molecule has 0 aliphatic rings. The third kappa shape index (κ3) is 3.80. The number of carbonyl (C=O) groups excluding carboxylic acids is 1. The van der Waals surface area contributed by atoms with Crippen LogP contribution in [-0.4, -0.2) is 16.0 Å². The Morgan fingerprint density at radius 3 is 2.57 bits per heavy atom. The molecule has 4 aromatic rings. The van der Waals surface area contributed by atoms with Gasteiger partial charge in [0.2, 0.25) is 0 Å². The molecule has 3 aromatic carbocycles. The Hall–Kier alpha value is -3.93. The monoisotopic (exact) mass is 402 g/mol. The average molecular weight is 402 g/mol. The topological polar surface area (TPSA) is 82.2 Å². The summed E-state index contributed by atoms with van der Waals surface area (Å²) >= 11 is 0. The number of carbonyl (C=O) groups is 1. The number of nitrogens with one attached hydrogen (secondary N) is 2. The number of rotatable bonds is 4. The van der Waals surface area contributed by atoms with Crippen LogP contribution >= 0.6 is 0 Å². The highest BCUT2D eigenvalue weighted by Crippen LogP contribution is 2.24. The predicted molar refractivity (Wildman–Crippen MR) is 114 cm³/mol. The molecule has 6 heteroatoms. The number of pyridine rings is 1. The number of aromatic nitrogens is 1. The lowest BCUT2D eigenvalue weighted by molar-refractivity contribution is 0.0949. The molecule has 0 saturated carbocycles. The summed E-state index contributed by atoms with van der Waals surface area (Å²) in [6, 6.07) is 18.9. The zero-order chi connectivity index (χ0) is 21.3. The van der Waals surface area contributed by atoms with Crippen molar-refractivity contribution in [1.29, 1.82) is 0 Å². The minimum absolute atomic E-state index is 0.0489. The van der Waals surface area contributed by atoms with Gasteiger partial charge in [-0.25, -0.2) is 4.39 Å². The molecule has 0 aliphatic carbocycles. The Kier molecular flexibility index (Phi) is 5.06. The van der Waals surface area contributed by atoms with E-state index in [2.05, 4.69) is 10.3 Å². The fraction of sp³-hybridized carbons (Fsp3) is 0.0833. The highest BCUT2D eigenvalue weighted by molar-refractivity contribution is 6.08. The van der Waals surface area contributed by atoms with Gasteiger partial charge in [-0.1, -0.05) is 42.0 Å². The van der Waals surface area contributed by atoms with Crippen LogP contribution < -0.4 is 10.9 Å². The molecule has 4 rings (SSSR count). The van der Waals surface area contributed by atoms with E-state index in [1.807, 2.05) is 37.3 Å². The highest BCUT2D eigenvalue weighted by Gasteiger charge is 2.19. The van der Waals surface area contributed by atoms with Gasteiger partial charge in [0, 0.05) is 17.4 Å². The standard InChI is InChI=1S/C24H19FN2O3/c1-14-5-10-20-19(11-14)21(22(28)24(30)27-20)23(29)26-13-15-3-2-4-17(12-15)16-6-8-18(25)9-7-16/h2-12,28H,13H2,1H3,(H,26,29)(H,27,30). The van der Waals surface area contributed by atoms with E-state index in [4.69, 9.17) is 0 Å². The van der Waals surface area contributed by atoms with E-state index in [0.717, 1.165) is 22.3 Å². The number of aromatic hydroxyl groups is 1. The van der Waals surface area contributed by atoms with Crippen LogP contribution in [0.1, 0.15) is 21.5 Å². The van der Waals surface area contributed by atoms with Gasteiger partial charge in [0.05, 0.1) is 5.56 Å². The summed E-state index contributed by atoms with van der Waals surface area (Å²) in [7, 11) is 0. The normalized spacial score (nSPS) is 10.9. The fourth-order valence-electron chi connectivity index (χ4n) is 3.40. The molecule has 1 amide bonds. The van der Waals surface area contributed by atoms with Crippen molar-refractivity contribution in [2.24, 2.45) is 0 Å². The van der Waals surface area contributed by atoms with Gasteiger partial charge in [-0.3, -0.25) is 9.59 Å². The largest absolute Gasteiger partial charge is 0.502 e. The Morgan fingerprint density at radius 1 is 1.03 bits per heavy atom. The Balaban J connectivity index is 1.61. The maximum atomic E-state index is 13.2. The second-order valence-electron chi connectivity index (χ2n) is 7.12. The molecule has 0 aliphatic heterocycles. The molecule has 0 spiro atoms. The van der Waals surface area contributed by atoms with Crippen LogP contribution in [0.2, 0.25) is 0 Å². The van der Waals surface area contributed by atoms with E-state index >= 15 is 0 Å². The summed E-state index contributed by atoms with van der Waals surface area (Å²) in [5.74, 6) is -1.45. The molecule has 0 fully saturated rings. The van der Waals surface area contributed by atoms with Crippen LogP contribution in [-0.2, 0) is 6.54 Å². The number of aromatic amines is 1. The van der Waals surface area contributed by atoms with E-state index in [1.165, 1.54) is 12.1 Å². The summed E-state index contributed by atoms with van der Waals surface area (Å²) in [5.41, 5.74) is 3.19. The summed E-state index contributed by atoms with van der Waals surface area (Å²) < 4.78 is 13.2. The number of fused-ring (bicyclic) bond motifs is 1. The second kappa shape index (κ2) is 7.83. The molecule has 150 valence electrons. The van der Waals surface area contributed by atoms with Crippen molar-refractivity contribution in [3.05, 3.63) is 99.6 Å². The van der Waals surface area contributed by atoms with Crippen LogP contribution in [0.25, 0.3) is 22.0 Å². The first-order valence-corrected chi connectivity index (χ1v) is 9.41. The third-order valence-electron chi connectivity index (χ3n) is 4.93. The predicted octanol–water partition coefficient (Wildman–Crippen LogP) is 4.28. The van der Waals surface area contributed by atoms with Gasteiger partial charge in [0.15, 0.2) is 5.75 Å². The molecule has 0 atom stereocenters. The molecule has 1 aromatic heterocycles. The fourth-order valence-corrected chi connectivity index (χ4v) is 3.40. The number of hydrogen-bond acceptors (Lipinski definition) is 3. The molecular weight excluding hydrogens is 383 g/mol. The molecular formula is C24H19FN2O3. The maximum Gasteiger partial charge on any atom is 0.291 e. The van der Waals surface area contributed by atoms with E-state index in [-0.39, 0.29) is 17.9 Å². The molecule has 30 heavy (non-hydrogen) atoms. The maximum absolute atomic E-state index is 13.2. The van der Waals surface area contributed by atoms with Crippen LogP contribution in [0.5, 0.6) is 5.75 Å². The van der Waals surface area contributed by atoms with E-state index in [0.29, 0.717) is 10.9 Å². The van der Waals surface area contributed by atoms with Crippen LogP contribution in [0, 0.1) is 12.7 Å². The molecule has 0 bridgehead atoms. The number of hydrogen-bond donors (Lipinski definition) is 3. The Labute approximate surface area is 171 Å². The molecule has 0 saturated heterocycles. The summed E-state index contributed by atoms with van der Waals surface area (Å²) in [6.45, 7) is 2.07. The van der Waals surface area contributed by atoms with Crippen molar-refractivity contribution in [3.8, 4) is 16.9 Å². The number of halogens is 1. The minimum atomic E-state index is -0.713. The molecule has 5 nitrogen and oxygen atoms in total. The lowest BCUT2D eigenvalue weighted by Gasteiger charge is -2.11. The van der Waals surface area contributed by atoms with E-state index < -0.39 is 17.2 Å². The Morgan fingerprint density at radius 2 is 1.80 bits per heavy atom. The molecule has 0 radical (unpaired) electrons. The summed E-state index contributed by atoms with van der Waals surface area (Å²) in [6.07, 6.45) is 0. The van der Waals surface area contributed by atoms with Crippen molar-refractivity contribution >= 4 is 16.8 Å². The smallest absolute Gasteiger partial charge is 0.291 e. The van der Waals surface area contributed by atoms with E-state index in [9.17, 15) is 19.1 Å². The van der Waals surface area contributed by atoms with Gasteiger partial charge < -0.3 is 15.4 Å². The first kappa shape index (κ1) is 19.4. The highest BCUT2D eigenvalue weighted by atomic mass is 19.1.